The average Bonchev–Trinajstić information content (AvgIpc) is 2.45. The number of benzene rings is 2. The van der Waals surface area contributed by atoms with Crippen molar-refractivity contribution in [2.24, 2.45) is 0 Å². The van der Waals surface area contributed by atoms with Crippen LogP contribution in [0.1, 0.15) is 53.5 Å². The lowest BCUT2D eigenvalue weighted by Crippen LogP contribution is -2.30. The molecule has 1 heterocycles. The Morgan fingerprint density at radius 2 is 1.86 bits per heavy atom. The van der Waals surface area contributed by atoms with Gasteiger partial charge in [0.15, 0.2) is 0 Å². The van der Waals surface area contributed by atoms with E-state index in [1.807, 2.05) is 6.07 Å². The maximum Gasteiger partial charge on any atom is 0.115 e. The molecular formula is C19H21NO. The van der Waals surface area contributed by atoms with Crippen molar-refractivity contribution < 1.29 is 5.11 Å². The van der Waals surface area contributed by atoms with Gasteiger partial charge in [0.2, 0.25) is 0 Å². The molecule has 2 aromatic rings. The Hall–Kier alpha value is -1.80. The Bertz CT molecular complexity index is 660. The smallest absolute Gasteiger partial charge is 0.115 e. The second kappa shape index (κ2) is 5.19. The summed E-state index contributed by atoms with van der Waals surface area (Å²) < 4.78 is 0. The molecule has 21 heavy (non-hydrogen) atoms. The predicted molar refractivity (Wildman–Crippen MR) is 84.7 cm³/mol. The van der Waals surface area contributed by atoms with E-state index < -0.39 is 0 Å². The molecule has 0 aromatic heterocycles. The largest absolute Gasteiger partial charge is 0.508 e. The molecule has 2 nitrogen and oxygen atoms in total. The molecule has 1 unspecified atom stereocenters. The molecule has 1 atom stereocenters. The molecule has 0 spiro atoms. The van der Waals surface area contributed by atoms with Gasteiger partial charge in [-0.15, -0.1) is 0 Å². The summed E-state index contributed by atoms with van der Waals surface area (Å²) >= 11 is 0. The third kappa shape index (κ3) is 2.34. The third-order valence-electron chi connectivity index (χ3n) is 5.00. The summed E-state index contributed by atoms with van der Waals surface area (Å²) in [6.45, 7) is 0.996. The van der Waals surface area contributed by atoms with E-state index in [-0.39, 0.29) is 6.04 Å². The van der Waals surface area contributed by atoms with Crippen molar-refractivity contribution in [3.05, 3.63) is 64.7 Å². The van der Waals surface area contributed by atoms with E-state index in [4.69, 9.17) is 0 Å². The molecule has 0 saturated heterocycles. The van der Waals surface area contributed by atoms with Gasteiger partial charge >= 0.3 is 0 Å². The van der Waals surface area contributed by atoms with Crippen molar-refractivity contribution in [1.82, 2.24) is 5.32 Å². The van der Waals surface area contributed by atoms with E-state index in [0.717, 1.165) is 18.9 Å². The Morgan fingerprint density at radius 1 is 1.00 bits per heavy atom. The minimum atomic E-state index is 0.209. The first kappa shape index (κ1) is 12.9. The van der Waals surface area contributed by atoms with Gasteiger partial charge in [-0.25, -0.2) is 0 Å². The van der Waals surface area contributed by atoms with Crippen molar-refractivity contribution >= 4 is 0 Å². The molecule has 2 heteroatoms. The second-order valence-corrected chi connectivity index (χ2v) is 6.32. The number of rotatable bonds is 2. The first-order valence-electron chi connectivity index (χ1n) is 7.96. The van der Waals surface area contributed by atoms with E-state index in [9.17, 15) is 5.11 Å². The number of hydrogen-bond donors (Lipinski definition) is 2. The van der Waals surface area contributed by atoms with Crippen LogP contribution >= 0.6 is 0 Å². The van der Waals surface area contributed by atoms with Crippen LogP contribution in [0.15, 0.2) is 42.5 Å². The quantitative estimate of drug-likeness (QED) is 0.874. The maximum atomic E-state index is 9.82. The van der Waals surface area contributed by atoms with Gasteiger partial charge in [-0.3, -0.25) is 0 Å². The van der Waals surface area contributed by atoms with Crippen LogP contribution in [0.4, 0.5) is 0 Å². The van der Waals surface area contributed by atoms with Crippen LogP contribution in [-0.4, -0.2) is 11.7 Å². The van der Waals surface area contributed by atoms with Gasteiger partial charge in [-0.05, 0) is 59.6 Å². The summed E-state index contributed by atoms with van der Waals surface area (Å²) in [5.74, 6) is 1.12. The zero-order chi connectivity index (χ0) is 14.2. The van der Waals surface area contributed by atoms with Crippen molar-refractivity contribution in [2.45, 2.75) is 37.6 Å². The topological polar surface area (TPSA) is 32.3 Å². The van der Waals surface area contributed by atoms with Crippen LogP contribution in [0.3, 0.4) is 0 Å². The van der Waals surface area contributed by atoms with Crippen molar-refractivity contribution in [1.29, 1.82) is 0 Å². The number of phenols is 1. The van der Waals surface area contributed by atoms with Crippen LogP contribution < -0.4 is 5.32 Å². The lowest BCUT2D eigenvalue weighted by molar-refractivity contribution is 0.419. The number of phenolic OH excluding ortho intramolecular Hbond substituents is 1. The minimum Gasteiger partial charge on any atom is -0.508 e. The zero-order valence-electron chi connectivity index (χ0n) is 12.2. The number of aromatic hydroxyl groups is 1. The highest BCUT2D eigenvalue weighted by atomic mass is 16.3. The molecule has 1 fully saturated rings. The first-order chi connectivity index (χ1) is 10.3. The molecule has 1 saturated carbocycles. The Kier molecular flexibility index (Phi) is 3.19. The monoisotopic (exact) mass is 279 g/mol. The maximum absolute atomic E-state index is 9.82. The number of hydrogen-bond acceptors (Lipinski definition) is 2. The molecule has 4 rings (SSSR count). The lowest BCUT2D eigenvalue weighted by Gasteiger charge is -2.30. The molecular weight excluding hydrogens is 258 g/mol. The van der Waals surface area contributed by atoms with Gasteiger partial charge in [0.25, 0.3) is 0 Å². The SMILES string of the molecule is Oc1ccc2c(c1)C(c1cccc(C3CCC3)c1)NCC2. The second-order valence-electron chi connectivity index (χ2n) is 6.32. The highest BCUT2D eigenvalue weighted by molar-refractivity contribution is 5.44. The van der Waals surface area contributed by atoms with Crippen LogP contribution in [0, 0.1) is 0 Å². The zero-order valence-corrected chi connectivity index (χ0v) is 12.2. The Labute approximate surface area is 125 Å². The summed E-state index contributed by atoms with van der Waals surface area (Å²) in [6, 6.07) is 15.0. The molecule has 1 aliphatic heterocycles. The summed E-state index contributed by atoms with van der Waals surface area (Å²) in [5.41, 5.74) is 5.39. The van der Waals surface area contributed by atoms with Gasteiger partial charge < -0.3 is 10.4 Å². The molecule has 1 aliphatic carbocycles. The highest BCUT2D eigenvalue weighted by Gasteiger charge is 2.24. The fourth-order valence-electron chi connectivity index (χ4n) is 3.57. The average molecular weight is 279 g/mol. The molecule has 0 radical (unpaired) electrons. The van der Waals surface area contributed by atoms with Crippen LogP contribution in [0.2, 0.25) is 0 Å². The molecule has 108 valence electrons. The van der Waals surface area contributed by atoms with E-state index >= 15 is 0 Å². The van der Waals surface area contributed by atoms with Gasteiger partial charge in [-0.2, -0.15) is 0 Å². The highest BCUT2D eigenvalue weighted by Crippen LogP contribution is 2.38. The van der Waals surface area contributed by atoms with Gasteiger partial charge in [0.05, 0.1) is 6.04 Å². The minimum absolute atomic E-state index is 0.209. The van der Waals surface area contributed by atoms with Crippen LogP contribution in [0.25, 0.3) is 0 Å². The van der Waals surface area contributed by atoms with Crippen molar-refractivity contribution in [3.63, 3.8) is 0 Å². The van der Waals surface area contributed by atoms with Gasteiger partial charge in [0, 0.05) is 6.54 Å². The number of nitrogens with one attached hydrogen (secondary N) is 1. The standard InChI is InChI=1S/C19H21NO/c21-17-8-7-14-9-10-20-19(18(14)12-17)16-6-2-5-15(11-16)13-3-1-4-13/h2,5-8,11-13,19-21H,1,3-4,9-10H2. The molecule has 0 bridgehead atoms. The van der Waals surface area contributed by atoms with Crippen LogP contribution in [-0.2, 0) is 6.42 Å². The van der Waals surface area contributed by atoms with E-state index in [1.165, 1.54) is 41.5 Å². The van der Waals surface area contributed by atoms with E-state index in [0.29, 0.717) is 5.75 Å². The number of fused-ring (bicyclic) bond motifs is 1. The van der Waals surface area contributed by atoms with Crippen LogP contribution in [0.5, 0.6) is 5.75 Å². The Morgan fingerprint density at radius 3 is 2.67 bits per heavy atom. The third-order valence-corrected chi connectivity index (χ3v) is 5.00. The van der Waals surface area contributed by atoms with E-state index in [2.05, 4.69) is 35.6 Å². The van der Waals surface area contributed by atoms with Crippen molar-refractivity contribution in [3.8, 4) is 5.75 Å². The summed E-state index contributed by atoms with van der Waals surface area (Å²) in [5, 5.41) is 13.4. The van der Waals surface area contributed by atoms with Crippen molar-refractivity contribution in [2.75, 3.05) is 6.54 Å². The van der Waals surface area contributed by atoms with E-state index in [1.54, 1.807) is 6.07 Å². The molecule has 2 aliphatic rings. The molecule has 2 aromatic carbocycles. The molecule has 0 amide bonds. The summed E-state index contributed by atoms with van der Waals surface area (Å²) in [6.07, 6.45) is 5.07. The van der Waals surface area contributed by atoms with Gasteiger partial charge in [0.1, 0.15) is 5.75 Å². The lowest BCUT2D eigenvalue weighted by atomic mass is 9.79. The predicted octanol–water partition coefficient (Wildman–Crippen LogP) is 3.89. The first-order valence-corrected chi connectivity index (χ1v) is 7.96. The molecule has 2 N–H and O–H groups in total. The normalized spacial score (nSPS) is 21.6. The summed E-state index contributed by atoms with van der Waals surface area (Å²) in [7, 11) is 0. The van der Waals surface area contributed by atoms with Gasteiger partial charge in [-0.1, -0.05) is 36.8 Å². The fraction of sp³-hybridized carbons (Fsp3) is 0.368. The fourth-order valence-corrected chi connectivity index (χ4v) is 3.57. The Balaban J connectivity index is 1.72. The summed E-state index contributed by atoms with van der Waals surface area (Å²) in [4.78, 5) is 0.